The van der Waals surface area contributed by atoms with E-state index in [9.17, 15) is 4.79 Å². The van der Waals surface area contributed by atoms with E-state index < -0.39 is 0 Å². The summed E-state index contributed by atoms with van der Waals surface area (Å²) in [5.41, 5.74) is 5.32. The summed E-state index contributed by atoms with van der Waals surface area (Å²) in [5.74, 6) is 0.756. The molecule has 2 N–H and O–H groups in total. The maximum absolute atomic E-state index is 12.2. The van der Waals surface area contributed by atoms with Crippen molar-refractivity contribution < 1.29 is 0 Å². The number of H-pyrrole nitrogens is 2. The van der Waals surface area contributed by atoms with Crippen LogP contribution in [0.15, 0.2) is 23.3 Å². The largest absolute Gasteiger partial charge is 0.367 e. The predicted octanol–water partition coefficient (Wildman–Crippen LogP) is 2.09. The van der Waals surface area contributed by atoms with Crippen LogP contribution in [0.2, 0.25) is 0 Å². The molecule has 2 aliphatic heterocycles. The molecular weight excluding hydrogens is 252 g/mol. The zero-order valence-electron chi connectivity index (χ0n) is 11.4. The third kappa shape index (κ3) is 1.49. The Labute approximate surface area is 116 Å². The van der Waals surface area contributed by atoms with Crippen LogP contribution in [0.3, 0.4) is 0 Å². The van der Waals surface area contributed by atoms with E-state index in [1.807, 2.05) is 30.2 Å². The maximum Gasteiger partial charge on any atom is 0.275 e. The fraction of sp³-hybridized carbons (Fsp3) is 0.333. The molecule has 0 bridgehead atoms. The summed E-state index contributed by atoms with van der Waals surface area (Å²) in [5, 5.41) is 3.33. The average molecular weight is 268 g/mol. The second kappa shape index (κ2) is 4.10. The highest BCUT2D eigenvalue weighted by molar-refractivity contribution is 5.82. The third-order valence-corrected chi connectivity index (χ3v) is 4.19. The molecule has 20 heavy (non-hydrogen) atoms. The molecule has 0 saturated heterocycles. The van der Waals surface area contributed by atoms with E-state index in [0.29, 0.717) is 0 Å². The molecule has 5 nitrogen and oxygen atoms in total. The van der Waals surface area contributed by atoms with Crippen LogP contribution >= 0.6 is 0 Å². The topological polar surface area (TPSA) is 66.5 Å². The number of hydrogen-bond donors (Lipinski definition) is 2. The fourth-order valence-electron chi connectivity index (χ4n) is 3.24. The molecular formula is C15H16N4O. The Kier molecular flexibility index (Phi) is 2.36. The molecule has 0 atom stereocenters. The summed E-state index contributed by atoms with van der Waals surface area (Å²) >= 11 is 0. The van der Waals surface area contributed by atoms with Gasteiger partial charge in [0.05, 0.1) is 5.69 Å². The minimum absolute atomic E-state index is 0.0533. The molecule has 0 aromatic carbocycles. The lowest BCUT2D eigenvalue weighted by atomic mass is 9.88. The first-order valence-electron chi connectivity index (χ1n) is 6.99. The van der Waals surface area contributed by atoms with Gasteiger partial charge in [-0.25, -0.2) is 0 Å². The van der Waals surface area contributed by atoms with Crippen LogP contribution in [0.25, 0.3) is 22.6 Å². The number of hydrogen-bond acceptors (Lipinski definition) is 2. The van der Waals surface area contributed by atoms with Gasteiger partial charge in [0.25, 0.3) is 5.56 Å². The second-order valence-corrected chi connectivity index (χ2v) is 5.43. The SMILES string of the molecule is Cn1[nH]c(-c2cc[nH]c2)c2c3c(c(=O)nc1-2)CCCC3. The molecule has 0 fully saturated rings. The molecule has 3 aliphatic rings. The molecule has 1 aromatic rings. The monoisotopic (exact) mass is 268 g/mol. The predicted molar refractivity (Wildman–Crippen MR) is 76.9 cm³/mol. The van der Waals surface area contributed by atoms with E-state index in [1.165, 1.54) is 5.56 Å². The highest BCUT2D eigenvalue weighted by atomic mass is 16.1. The number of pyridine rings is 1. The minimum Gasteiger partial charge on any atom is -0.367 e. The van der Waals surface area contributed by atoms with Gasteiger partial charge in [-0.2, -0.15) is 4.98 Å². The smallest absolute Gasteiger partial charge is 0.275 e. The van der Waals surface area contributed by atoms with E-state index in [0.717, 1.165) is 53.9 Å². The maximum atomic E-state index is 12.2. The van der Waals surface area contributed by atoms with Gasteiger partial charge >= 0.3 is 0 Å². The summed E-state index contributed by atoms with van der Waals surface area (Å²) in [7, 11) is 1.90. The quantitative estimate of drug-likeness (QED) is 0.709. The molecule has 1 aliphatic carbocycles. The normalized spacial score (nSPS) is 14.7. The lowest BCUT2D eigenvalue weighted by Crippen LogP contribution is -2.21. The Balaban J connectivity index is 2.10. The summed E-state index contributed by atoms with van der Waals surface area (Å²) in [6.45, 7) is 0. The van der Waals surface area contributed by atoms with Gasteiger partial charge in [0.2, 0.25) is 0 Å². The van der Waals surface area contributed by atoms with E-state index in [1.54, 1.807) is 0 Å². The van der Waals surface area contributed by atoms with Crippen molar-refractivity contribution >= 4 is 0 Å². The van der Waals surface area contributed by atoms with Crippen molar-refractivity contribution in [1.82, 2.24) is 19.7 Å². The molecule has 4 rings (SSSR count). The van der Waals surface area contributed by atoms with Gasteiger partial charge < -0.3 is 4.98 Å². The van der Waals surface area contributed by atoms with Crippen molar-refractivity contribution in [1.29, 1.82) is 0 Å². The van der Waals surface area contributed by atoms with E-state index in [4.69, 9.17) is 0 Å². The number of nitrogens with one attached hydrogen (secondary N) is 2. The summed E-state index contributed by atoms with van der Waals surface area (Å²) in [6.07, 6.45) is 7.94. The Hall–Kier alpha value is -2.30. The molecule has 0 saturated carbocycles. The Morgan fingerprint density at radius 2 is 2.05 bits per heavy atom. The Morgan fingerprint density at radius 3 is 2.80 bits per heavy atom. The Bertz CT molecular complexity index is 794. The molecule has 0 amide bonds. The number of fused-ring (bicyclic) bond motifs is 3. The van der Waals surface area contributed by atoms with Gasteiger partial charge in [0, 0.05) is 36.1 Å². The van der Waals surface area contributed by atoms with Crippen molar-refractivity contribution in [2.24, 2.45) is 7.05 Å². The van der Waals surface area contributed by atoms with Crippen LogP contribution in [0.5, 0.6) is 0 Å². The van der Waals surface area contributed by atoms with Gasteiger partial charge in [-0.3, -0.25) is 14.6 Å². The number of aromatic nitrogens is 4. The molecule has 1 aromatic heterocycles. The standard InChI is InChI=1S/C15H16N4O/c1-19-14-12(13(18-19)9-6-7-16-8-9)10-4-2-3-5-11(10)15(20)17-14/h6-8,16,18H,2-5H2,1H3. The van der Waals surface area contributed by atoms with E-state index >= 15 is 0 Å². The molecule has 102 valence electrons. The van der Waals surface area contributed by atoms with Gasteiger partial charge in [-0.1, -0.05) is 0 Å². The highest BCUT2D eigenvalue weighted by Gasteiger charge is 2.26. The summed E-state index contributed by atoms with van der Waals surface area (Å²) in [6, 6.07) is 2.03. The first-order valence-corrected chi connectivity index (χ1v) is 6.99. The van der Waals surface area contributed by atoms with Gasteiger partial charge in [0.1, 0.15) is 0 Å². The van der Waals surface area contributed by atoms with E-state index in [-0.39, 0.29) is 5.56 Å². The number of aromatic amines is 2. The van der Waals surface area contributed by atoms with Crippen LogP contribution < -0.4 is 5.56 Å². The Morgan fingerprint density at radius 1 is 1.25 bits per heavy atom. The van der Waals surface area contributed by atoms with E-state index in [2.05, 4.69) is 15.1 Å². The molecule has 0 unspecified atom stereocenters. The zero-order valence-corrected chi connectivity index (χ0v) is 11.4. The van der Waals surface area contributed by atoms with Crippen molar-refractivity contribution in [2.45, 2.75) is 25.7 Å². The average Bonchev–Trinajstić information content (AvgIpc) is 3.08. The molecule has 0 spiro atoms. The number of aryl methyl sites for hydroxylation is 1. The first-order chi connectivity index (χ1) is 9.75. The minimum atomic E-state index is -0.0533. The van der Waals surface area contributed by atoms with Crippen LogP contribution in [-0.2, 0) is 19.9 Å². The molecule has 5 heteroatoms. The fourth-order valence-corrected chi connectivity index (χ4v) is 3.24. The van der Waals surface area contributed by atoms with Gasteiger partial charge in [0.15, 0.2) is 5.82 Å². The number of nitrogens with zero attached hydrogens (tertiary/aromatic N) is 2. The lowest BCUT2D eigenvalue weighted by Gasteiger charge is -2.18. The molecule has 3 heterocycles. The summed E-state index contributed by atoms with van der Waals surface area (Å²) in [4.78, 5) is 19.5. The van der Waals surface area contributed by atoms with Crippen LogP contribution in [-0.4, -0.2) is 19.7 Å². The van der Waals surface area contributed by atoms with Crippen molar-refractivity contribution in [3.63, 3.8) is 0 Å². The third-order valence-electron chi connectivity index (χ3n) is 4.19. The highest BCUT2D eigenvalue weighted by Crippen LogP contribution is 2.37. The van der Waals surface area contributed by atoms with Crippen LogP contribution in [0.4, 0.5) is 0 Å². The zero-order chi connectivity index (χ0) is 13.7. The van der Waals surface area contributed by atoms with Gasteiger partial charge in [-0.05, 0) is 37.3 Å². The lowest BCUT2D eigenvalue weighted by molar-refractivity contribution is 0.674. The van der Waals surface area contributed by atoms with Crippen LogP contribution in [0.1, 0.15) is 24.0 Å². The summed E-state index contributed by atoms with van der Waals surface area (Å²) < 4.78 is 1.84. The second-order valence-electron chi connectivity index (χ2n) is 5.43. The van der Waals surface area contributed by atoms with Crippen molar-refractivity contribution in [2.75, 3.05) is 0 Å². The number of rotatable bonds is 1. The van der Waals surface area contributed by atoms with Crippen molar-refractivity contribution in [3.05, 3.63) is 39.9 Å². The first kappa shape index (κ1) is 11.5. The van der Waals surface area contributed by atoms with Crippen molar-refractivity contribution in [3.8, 4) is 22.6 Å². The molecule has 0 radical (unpaired) electrons. The van der Waals surface area contributed by atoms with Gasteiger partial charge in [-0.15, -0.1) is 0 Å². The van der Waals surface area contributed by atoms with Crippen LogP contribution in [0, 0.1) is 0 Å².